The summed E-state index contributed by atoms with van der Waals surface area (Å²) in [5, 5.41) is 19.5. The van der Waals surface area contributed by atoms with E-state index >= 15 is 0 Å². The number of anilines is 1. The number of hydrogen-bond donors (Lipinski definition) is 3. The van der Waals surface area contributed by atoms with Gasteiger partial charge in [0.05, 0.1) is 22.8 Å². The predicted molar refractivity (Wildman–Crippen MR) is 186 cm³/mol. The zero-order valence-corrected chi connectivity index (χ0v) is 27.0. The maximum Gasteiger partial charge on any atom is 0.262 e. The Morgan fingerprint density at radius 1 is 0.958 bits per heavy atom. The molecule has 3 aromatic heterocycles. The van der Waals surface area contributed by atoms with Gasteiger partial charge in [0.25, 0.3) is 5.56 Å². The van der Waals surface area contributed by atoms with Crippen molar-refractivity contribution in [2.45, 2.75) is 64.1 Å². The van der Waals surface area contributed by atoms with E-state index in [1.807, 2.05) is 36.4 Å². The van der Waals surface area contributed by atoms with Crippen LogP contribution in [0.1, 0.15) is 55.5 Å². The van der Waals surface area contributed by atoms with Crippen LogP contribution < -0.4 is 16.6 Å². The maximum atomic E-state index is 14.5. The van der Waals surface area contributed by atoms with Gasteiger partial charge in [0.2, 0.25) is 5.91 Å². The van der Waals surface area contributed by atoms with Crippen LogP contribution in [0.25, 0.3) is 33.2 Å². The van der Waals surface area contributed by atoms with Gasteiger partial charge in [-0.1, -0.05) is 54.8 Å². The smallest absolute Gasteiger partial charge is 0.262 e. The van der Waals surface area contributed by atoms with E-state index in [4.69, 9.17) is 27.4 Å². The van der Waals surface area contributed by atoms with Crippen LogP contribution in [0.3, 0.4) is 0 Å². The minimum Gasteiger partial charge on any atom is -0.508 e. The third kappa shape index (κ3) is 6.33. The number of carbonyl (C=O) groups is 1. The van der Waals surface area contributed by atoms with Gasteiger partial charge in [-0.25, -0.2) is 19.6 Å². The van der Waals surface area contributed by atoms with E-state index in [2.05, 4.69) is 15.3 Å². The van der Waals surface area contributed by atoms with Crippen molar-refractivity contribution in [1.29, 1.82) is 0 Å². The maximum absolute atomic E-state index is 14.5. The molecule has 3 heterocycles. The standard InChI is InChI=1S/C36H35ClN8O3/c37-27-12-4-1-7-24(27)19-44-29(20-45-35-32(34(38)39-21-40-35)33(43-45)23-15-17-26(46)18-16-23)42-28-13-5-8-22(31(28)36(44)48)9-6-14-30(47)41-25-10-2-3-11-25/h1,4-5,7-8,12-13,15-18,21,25,46H,2-3,6,9-11,14,19-20H2,(H,41,47)(H2,38,39,40). The fraction of sp³-hybridized carbons (Fsp3) is 0.278. The Morgan fingerprint density at radius 3 is 2.52 bits per heavy atom. The number of rotatable bonds is 10. The summed E-state index contributed by atoms with van der Waals surface area (Å²) in [5.74, 6) is 0.902. The van der Waals surface area contributed by atoms with Crippen molar-refractivity contribution in [3.05, 3.63) is 105 Å². The zero-order chi connectivity index (χ0) is 33.2. The molecule has 48 heavy (non-hydrogen) atoms. The molecule has 12 heteroatoms. The van der Waals surface area contributed by atoms with Crippen LogP contribution in [-0.2, 0) is 24.3 Å². The molecule has 0 atom stereocenters. The first-order valence-corrected chi connectivity index (χ1v) is 16.5. The molecular weight excluding hydrogens is 628 g/mol. The number of fused-ring (bicyclic) bond motifs is 2. The van der Waals surface area contributed by atoms with Crippen LogP contribution in [0.15, 0.2) is 77.9 Å². The fourth-order valence-electron chi connectivity index (χ4n) is 6.57. The monoisotopic (exact) mass is 662 g/mol. The molecule has 4 N–H and O–H groups in total. The third-order valence-electron chi connectivity index (χ3n) is 9.00. The van der Waals surface area contributed by atoms with Crippen LogP contribution in [0.4, 0.5) is 5.82 Å². The number of aryl methyl sites for hydroxylation is 1. The summed E-state index contributed by atoms with van der Waals surface area (Å²) in [6.45, 7) is 0.294. The SMILES string of the molecule is Nc1ncnc2c1c(-c1ccc(O)cc1)nn2Cc1nc2cccc(CCCC(=O)NC3CCCC3)c2c(=O)n1Cc1ccccc1Cl. The zero-order valence-electron chi connectivity index (χ0n) is 26.3. The van der Waals surface area contributed by atoms with E-state index in [1.54, 1.807) is 39.6 Å². The van der Waals surface area contributed by atoms with Crippen molar-refractivity contribution in [3.8, 4) is 17.0 Å². The molecule has 1 aliphatic carbocycles. The van der Waals surface area contributed by atoms with Crippen molar-refractivity contribution in [3.63, 3.8) is 0 Å². The molecule has 7 rings (SSSR count). The van der Waals surface area contributed by atoms with Gasteiger partial charge < -0.3 is 16.2 Å². The molecule has 3 aromatic carbocycles. The summed E-state index contributed by atoms with van der Waals surface area (Å²) in [7, 11) is 0. The highest BCUT2D eigenvalue weighted by atomic mass is 35.5. The lowest BCUT2D eigenvalue weighted by Gasteiger charge is -2.16. The number of nitrogens with zero attached hydrogens (tertiary/aromatic N) is 6. The van der Waals surface area contributed by atoms with E-state index in [0.29, 0.717) is 57.7 Å². The first kappa shape index (κ1) is 31.3. The highest BCUT2D eigenvalue weighted by molar-refractivity contribution is 6.31. The van der Waals surface area contributed by atoms with Crippen molar-refractivity contribution in [2.75, 3.05) is 5.73 Å². The number of aromatic hydroxyl groups is 1. The van der Waals surface area contributed by atoms with Crippen LogP contribution in [0.2, 0.25) is 5.02 Å². The van der Waals surface area contributed by atoms with Crippen LogP contribution in [0.5, 0.6) is 5.75 Å². The number of nitrogens with one attached hydrogen (secondary N) is 1. The highest BCUT2D eigenvalue weighted by Gasteiger charge is 2.22. The van der Waals surface area contributed by atoms with Gasteiger partial charge in [-0.15, -0.1) is 0 Å². The van der Waals surface area contributed by atoms with Crippen molar-refractivity contribution in [1.82, 2.24) is 34.6 Å². The quantitative estimate of drug-likeness (QED) is 0.171. The molecule has 0 radical (unpaired) electrons. The Morgan fingerprint density at radius 2 is 1.73 bits per heavy atom. The van der Waals surface area contributed by atoms with Gasteiger partial charge in [0.1, 0.15) is 36.0 Å². The fourth-order valence-corrected chi connectivity index (χ4v) is 6.77. The third-order valence-corrected chi connectivity index (χ3v) is 9.36. The number of halogens is 1. The molecule has 1 saturated carbocycles. The summed E-state index contributed by atoms with van der Waals surface area (Å²) in [4.78, 5) is 40.8. The number of nitrogen functional groups attached to an aromatic ring is 1. The number of nitrogens with two attached hydrogens (primary N) is 1. The van der Waals surface area contributed by atoms with Crippen molar-refractivity contribution < 1.29 is 9.90 Å². The van der Waals surface area contributed by atoms with Gasteiger partial charge in [0.15, 0.2) is 5.65 Å². The van der Waals surface area contributed by atoms with Crippen molar-refractivity contribution >= 4 is 45.3 Å². The Kier molecular flexibility index (Phi) is 8.77. The molecule has 1 fully saturated rings. The lowest BCUT2D eigenvalue weighted by molar-refractivity contribution is -0.121. The molecule has 244 valence electrons. The number of benzene rings is 3. The highest BCUT2D eigenvalue weighted by Crippen LogP contribution is 2.31. The van der Waals surface area contributed by atoms with Gasteiger partial charge in [-0.2, -0.15) is 5.10 Å². The summed E-state index contributed by atoms with van der Waals surface area (Å²) in [6, 6.07) is 20.0. The van der Waals surface area contributed by atoms with E-state index < -0.39 is 0 Å². The van der Waals surface area contributed by atoms with E-state index in [-0.39, 0.29) is 42.2 Å². The van der Waals surface area contributed by atoms with Gasteiger partial charge >= 0.3 is 0 Å². The predicted octanol–water partition coefficient (Wildman–Crippen LogP) is 5.62. The number of phenolic OH excluding ortho intramolecular Hbond substituents is 1. The summed E-state index contributed by atoms with van der Waals surface area (Å²) in [6.07, 6.45) is 7.36. The molecule has 11 nitrogen and oxygen atoms in total. The summed E-state index contributed by atoms with van der Waals surface area (Å²) in [5.41, 5.74) is 10.0. The molecule has 0 spiro atoms. The number of carbonyl (C=O) groups excluding carboxylic acids is 1. The van der Waals surface area contributed by atoms with Crippen LogP contribution in [-0.4, -0.2) is 46.4 Å². The van der Waals surface area contributed by atoms with Gasteiger partial charge in [0, 0.05) is 23.0 Å². The Bertz CT molecular complexity index is 2190. The van der Waals surface area contributed by atoms with Crippen molar-refractivity contribution in [2.24, 2.45) is 0 Å². The largest absolute Gasteiger partial charge is 0.508 e. The minimum atomic E-state index is -0.203. The molecule has 0 unspecified atom stereocenters. The number of amides is 1. The second kappa shape index (κ2) is 13.4. The van der Waals surface area contributed by atoms with Crippen LogP contribution in [0, 0.1) is 0 Å². The van der Waals surface area contributed by atoms with Gasteiger partial charge in [-0.05, 0) is 73.2 Å². The Labute approximate surface area is 281 Å². The number of aromatic nitrogens is 6. The van der Waals surface area contributed by atoms with Crippen LogP contribution >= 0.6 is 11.6 Å². The topological polar surface area (TPSA) is 154 Å². The van der Waals surface area contributed by atoms with E-state index in [9.17, 15) is 14.7 Å². The van der Waals surface area contributed by atoms with E-state index in [0.717, 1.165) is 42.4 Å². The molecule has 1 aliphatic rings. The minimum absolute atomic E-state index is 0.0567. The average Bonchev–Trinajstić information content (AvgIpc) is 3.73. The molecule has 0 bridgehead atoms. The lowest BCUT2D eigenvalue weighted by Crippen LogP contribution is -2.32. The average molecular weight is 663 g/mol. The molecule has 6 aromatic rings. The first-order chi connectivity index (χ1) is 23.4. The molecule has 0 aliphatic heterocycles. The lowest BCUT2D eigenvalue weighted by atomic mass is 10.0. The summed E-state index contributed by atoms with van der Waals surface area (Å²) < 4.78 is 3.30. The van der Waals surface area contributed by atoms with E-state index in [1.165, 1.54) is 6.33 Å². The summed E-state index contributed by atoms with van der Waals surface area (Å²) >= 11 is 6.59. The molecular formula is C36H35ClN8O3. The second-order valence-electron chi connectivity index (χ2n) is 12.2. The Balaban J connectivity index is 1.28. The number of phenols is 1. The molecule has 1 amide bonds. The second-order valence-corrected chi connectivity index (χ2v) is 12.6. The first-order valence-electron chi connectivity index (χ1n) is 16.2. The Hall–Kier alpha value is -5.29. The number of hydrogen-bond acceptors (Lipinski definition) is 8. The van der Waals surface area contributed by atoms with Gasteiger partial charge in [-0.3, -0.25) is 14.2 Å². The molecule has 0 saturated heterocycles. The normalized spacial score (nSPS) is 13.4.